The van der Waals surface area contributed by atoms with Gasteiger partial charge in [-0.2, -0.15) is 0 Å². The molecule has 0 aliphatic carbocycles. The van der Waals surface area contributed by atoms with Crippen molar-refractivity contribution in [2.75, 3.05) is 19.8 Å². The van der Waals surface area contributed by atoms with Crippen LogP contribution in [0.15, 0.2) is 18.2 Å². The minimum atomic E-state index is -0.303. The van der Waals surface area contributed by atoms with Crippen molar-refractivity contribution < 1.29 is 18.6 Å². The normalized spacial score (nSPS) is 25.0. The summed E-state index contributed by atoms with van der Waals surface area (Å²) in [5.41, 5.74) is 5.86. The van der Waals surface area contributed by atoms with Crippen molar-refractivity contribution in [1.82, 2.24) is 0 Å². The lowest BCUT2D eigenvalue weighted by Crippen LogP contribution is -2.47. The molecule has 0 radical (unpaired) electrons. The van der Waals surface area contributed by atoms with Crippen LogP contribution >= 0.6 is 0 Å². The van der Waals surface area contributed by atoms with Gasteiger partial charge in [0.1, 0.15) is 17.7 Å². The van der Waals surface area contributed by atoms with Crippen LogP contribution in [0, 0.1) is 5.82 Å². The molecule has 1 aromatic rings. The smallest absolute Gasteiger partial charge is 0.131 e. The summed E-state index contributed by atoms with van der Waals surface area (Å²) in [5.74, 6) is 0.265. The Labute approximate surface area is 124 Å². The van der Waals surface area contributed by atoms with Gasteiger partial charge in [0.15, 0.2) is 0 Å². The van der Waals surface area contributed by atoms with E-state index in [0.717, 1.165) is 38.9 Å². The molecule has 0 bridgehead atoms. The Morgan fingerprint density at radius 1 is 1.29 bits per heavy atom. The third-order valence-corrected chi connectivity index (χ3v) is 4.40. The molecule has 0 saturated carbocycles. The molecule has 3 rings (SSSR count). The summed E-state index contributed by atoms with van der Waals surface area (Å²) >= 11 is 0. The molecule has 1 unspecified atom stereocenters. The molecule has 116 valence electrons. The third-order valence-electron chi connectivity index (χ3n) is 4.40. The Hall–Kier alpha value is -1.17. The van der Waals surface area contributed by atoms with Crippen molar-refractivity contribution in [3.05, 3.63) is 29.6 Å². The summed E-state index contributed by atoms with van der Waals surface area (Å²) in [4.78, 5) is 0. The zero-order chi connectivity index (χ0) is 14.7. The van der Waals surface area contributed by atoms with Crippen molar-refractivity contribution >= 4 is 0 Å². The fourth-order valence-corrected chi connectivity index (χ4v) is 3.13. The molecule has 2 aliphatic heterocycles. The van der Waals surface area contributed by atoms with Crippen molar-refractivity contribution in [2.24, 2.45) is 5.73 Å². The van der Waals surface area contributed by atoms with E-state index in [0.29, 0.717) is 17.9 Å². The highest BCUT2D eigenvalue weighted by Gasteiger charge is 2.39. The summed E-state index contributed by atoms with van der Waals surface area (Å²) < 4.78 is 31.1. The predicted octanol–water partition coefficient (Wildman–Crippen LogP) is 2.39. The molecule has 2 heterocycles. The van der Waals surface area contributed by atoms with Gasteiger partial charge >= 0.3 is 0 Å². The van der Waals surface area contributed by atoms with Gasteiger partial charge in [0.2, 0.25) is 0 Å². The van der Waals surface area contributed by atoms with Crippen molar-refractivity contribution in [2.45, 2.75) is 43.9 Å². The molecule has 5 heteroatoms. The maximum atomic E-state index is 13.8. The first-order chi connectivity index (χ1) is 10.2. The molecule has 1 atom stereocenters. The Morgan fingerprint density at radius 3 is 2.81 bits per heavy atom. The molecule has 1 spiro atoms. The quantitative estimate of drug-likeness (QED) is 0.930. The van der Waals surface area contributed by atoms with Crippen LogP contribution in [-0.4, -0.2) is 31.5 Å². The average molecular weight is 295 g/mol. The molecule has 2 aliphatic rings. The van der Waals surface area contributed by atoms with Gasteiger partial charge in [-0.15, -0.1) is 0 Å². The summed E-state index contributed by atoms with van der Waals surface area (Å²) in [7, 11) is 0. The first-order valence-corrected chi connectivity index (χ1v) is 7.58. The van der Waals surface area contributed by atoms with Crippen LogP contribution in [0.4, 0.5) is 4.39 Å². The second-order valence-corrected chi connectivity index (χ2v) is 5.83. The standard InChI is InChI=1S/C16H22FNO3/c17-15-9-13(2-1-12(15)11-18)21-14-3-6-20-16(10-14)4-7-19-8-5-16/h1-2,9,14H,3-8,10-11,18H2. The molecule has 4 nitrogen and oxygen atoms in total. The molecule has 0 aromatic heterocycles. The lowest BCUT2D eigenvalue weighted by Gasteiger charge is -2.43. The van der Waals surface area contributed by atoms with Gasteiger partial charge in [-0.05, 0) is 18.9 Å². The van der Waals surface area contributed by atoms with E-state index in [1.807, 2.05) is 0 Å². The van der Waals surface area contributed by atoms with E-state index in [4.69, 9.17) is 19.9 Å². The number of rotatable bonds is 3. The molecule has 2 fully saturated rings. The van der Waals surface area contributed by atoms with E-state index < -0.39 is 0 Å². The highest BCUT2D eigenvalue weighted by Crippen LogP contribution is 2.35. The van der Waals surface area contributed by atoms with Crippen molar-refractivity contribution in [1.29, 1.82) is 0 Å². The molecule has 0 amide bonds. The Bertz CT molecular complexity index is 483. The lowest BCUT2D eigenvalue weighted by molar-refractivity contribution is -0.155. The Kier molecular flexibility index (Phi) is 4.42. The SMILES string of the molecule is NCc1ccc(OC2CCOC3(CCOCC3)C2)cc1F. The summed E-state index contributed by atoms with van der Waals surface area (Å²) in [6, 6.07) is 4.90. The maximum absolute atomic E-state index is 13.8. The second-order valence-electron chi connectivity index (χ2n) is 5.83. The molecule has 2 saturated heterocycles. The third kappa shape index (κ3) is 3.36. The highest BCUT2D eigenvalue weighted by molar-refractivity contribution is 5.29. The van der Waals surface area contributed by atoms with E-state index in [2.05, 4.69) is 0 Å². The fraction of sp³-hybridized carbons (Fsp3) is 0.625. The summed E-state index contributed by atoms with van der Waals surface area (Å²) in [6.07, 6.45) is 3.57. The van der Waals surface area contributed by atoms with Crippen molar-refractivity contribution in [3.63, 3.8) is 0 Å². The van der Waals surface area contributed by atoms with E-state index in [1.54, 1.807) is 12.1 Å². The predicted molar refractivity (Wildman–Crippen MR) is 76.7 cm³/mol. The first kappa shape index (κ1) is 14.8. The van der Waals surface area contributed by atoms with Gasteiger partial charge in [0.25, 0.3) is 0 Å². The Balaban J connectivity index is 1.65. The van der Waals surface area contributed by atoms with Crippen LogP contribution in [-0.2, 0) is 16.0 Å². The summed E-state index contributed by atoms with van der Waals surface area (Å²) in [5, 5.41) is 0. The van der Waals surface area contributed by atoms with Gasteiger partial charge < -0.3 is 19.9 Å². The largest absolute Gasteiger partial charge is 0.490 e. The number of nitrogens with two attached hydrogens (primary N) is 1. The average Bonchev–Trinajstić information content (AvgIpc) is 2.48. The highest BCUT2D eigenvalue weighted by atomic mass is 19.1. The zero-order valence-electron chi connectivity index (χ0n) is 12.1. The van der Waals surface area contributed by atoms with E-state index in [9.17, 15) is 4.39 Å². The topological polar surface area (TPSA) is 53.7 Å². The van der Waals surface area contributed by atoms with Crippen LogP contribution in [0.25, 0.3) is 0 Å². The van der Waals surface area contributed by atoms with E-state index in [-0.39, 0.29) is 24.1 Å². The minimum absolute atomic E-state index is 0.0694. The molecular weight excluding hydrogens is 273 g/mol. The number of ether oxygens (including phenoxy) is 3. The monoisotopic (exact) mass is 295 g/mol. The number of halogens is 1. The zero-order valence-corrected chi connectivity index (χ0v) is 12.1. The minimum Gasteiger partial charge on any atom is -0.490 e. The summed E-state index contributed by atoms with van der Waals surface area (Å²) in [6.45, 7) is 2.37. The van der Waals surface area contributed by atoms with Crippen LogP contribution in [0.5, 0.6) is 5.75 Å². The van der Waals surface area contributed by atoms with Gasteiger partial charge in [-0.3, -0.25) is 0 Å². The van der Waals surface area contributed by atoms with Crippen molar-refractivity contribution in [3.8, 4) is 5.75 Å². The Morgan fingerprint density at radius 2 is 2.10 bits per heavy atom. The van der Waals surface area contributed by atoms with Gasteiger partial charge in [-0.1, -0.05) is 6.07 Å². The number of hydrogen-bond donors (Lipinski definition) is 1. The van der Waals surface area contributed by atoms with E-state index >= 15 is 0 Å². The van der Waals surface area contributed by atoms with E-state index in [1.165, 1.54) is 6.07 Å². The first-order valence-electron chi connectivity index (χ1n) is 7.58. The van der Waals surface area contributed by atoms with Crippen LogP contribution in [0.1, 0.15) is 31.2 Å². The van der Waals surface area contributed by atoms with Crippen LogP contribution in [0.3, 0.4) is 0 Å². The number of benzene rings is 1. The van der Waals surface area contributed by atoms with Gasteiger partial charge in [-0.25, -0.2) is 4.39 Å². The molecule has 2 N–H and O–H groups in total. The fourth-order valence-electron chi connectivity index (χ4n) is 3.13. The molecule has 1 aromatic carbocycles. The van der Waals surface area contributed by atoms with Crippen LogP contribution in [0.2, 0.25) is 0 Å². The second kappa shape index (κ2) is 6.30. The lowest BCUT2D eigenvalue weighted by atomic mass is 9.85. The maximum Gasteiger partial charge on any atom is 0.131 e. The molecule has 21 heavy (non-hydrogen) atoms. The van der Waals surface area contributed by atoms with Gasteiger partial charge in [0.05, 0.1) is 12.2 Å². The number of hydrogen-bond acceptors (Lipinski definition) is 4. The van der Waals surface area contributed by atoms with Gasteiger partial charge in [0, 0.05) is 44.2 Å². The van der Waals surface area contributed by atoms with Crippen LogP contribution < -0.4 is 10.5 Å². The molecular formula is C16H22FNO3.